The topological polar surface area (TPSA) is 38.5 Å². The summed E-state index contributed by atoms with van der Waals surface area (Å²) in [7, 11) is 3.77. The number of ether oxygens (including phenoxy) is 1. The van der Waals surface area contributed by atoms with Crippen molar-refractivity contribution in [1.29, 1.82) is 0 Å². The Kier molecular flexibility index (Phi) is 5.12. The van der Waals surface area contributed by atoms with Gasteiger partial charge in [0.05, 0.1) is 7.11 Å². The summed E-state index contributed by atoms with van der Waals surface area (Å²) in [5.41, 5.74) is 4.84. The summed E-state index contributed by atoms with van der Waals surface area (Å²) in [4.78, 5) is 6.45. The van der Waals surface area contributed by atoms with Gasteiger partial charge in [0.1, 0.15) is 17.1 Å². The van der Waals surface area contributed by atoms with E-state index in [1.165, 1.54) is 12.0 Å². The lowest BCUT2D eigenvalue weighted by Gasteiger charge is -2.30. The minimum Gasteiger partial charge on any atom is -0.496 e. The third-order valence-corrected chi connectivity index (χ3v) is 5.58. The highest BCUT2D eigenvalue weighted by atomic mass is 19.1. The highest BCUT2D eigenvalue weighted by Gasteiger charge is 2.27. The van der Waals surface area contributed by atoms with E-state index in [4.69, 9.17) is 9.15 Å². The molecule has 2 aromatic carbocycles. The van der Waals surface area contributed by atoms with Crippen LogP contribution < -0.4 is 4.74 Å². The van der Waals surface area contributed by atoms with Gasteiger partial charge < -0.3 is 14.1 Å². The predicted molar refractivity (Wildman–Crippen MR) is 104 cm³/mol. The zero-order valence-electron chi connectivity index (χ0n) is 15.9. The smallest absolute Gasteiger partial charge is 0.181 e. The highest BCUT2D eigenvalue weighted by Crippen LogP contribution is 2.38. The van der Waals surface area contributed by atoms with Gasteiger partial charge >= 0.3 is 0 Å². The molecule has 1 unspecified atom stereocenters. The molecule has 27 heavy (non-hydrogen) atoms. The minimum atomic E-state index is -0.0975. The summed E-state index contributed by atoms with van der Waals surface area (Å²) in [5.74, 6) is 0.935. The third-order valence-electron chi connectivity index (χ3n) is 5.58. The van der Waals surface area contributed by atoms with Gasteiger partial charge in [-0.2, -0.15) is 0 Å². The highest BCUT2D eigenvalue weighted by molar-refractivity contribution is 5.72. The van der Waals surface area contributed by atoms with Crippen molar-refractivity contribution >= 4 is 11.1 Å². The van der Waals surface area contributed by atoms with E-state index in [-0.39, 0.29) is 11.7 Å². The number of rotatable bonds is 6. The second kappa shape index (κ2) is 7.69. The van der Waals surface area contributed by atoms with Gasteiger partial charge in [-0.3, -0.25) is 0 Å². The van der Waals surface area contributed by atoms with Crippen molar-refractivity contribution in [3.8, 4) is 5.75 Å². The molecule has 3 aromatic rings. The Balaban J connectivity index is 1.43. The molecule has 1 aliphatic carbocycles. The maximum Gasteiger partial charge on any atom is 0.181 e. The normalized spacial score (nSPS) is 16.7. The number of likely N-dealkylation sites (N-methyl/N-ethyl adjacent to an activating group) is 1. The van der Waals surface area contributed by atoms with E-state index in [2.05, 4.69) is 29.1 Å². The number of hydrogen-bond donors (Lipinski definition) is 0. The predicted octanol–water partition coefficient (Wildman–Crippen LogP) is 4.57. The Hall–Kier alpha value is -2.40. The van der Waals surface area contributed by atoms with E-state index >= 15 is 0 Å². The van der Waals surface area contributed by atoms with E-state index in [1.54, 1.807) is 19.2 Å². The summed E-state index contributed by atoms with van der Waals surface area (Å²) in [6.45, 7) is 1.76. The van der Waals surface area contributed by atoms with Gasteiger partial charge in [-0.05, 0) is 74.0 Å². The summed E-state index contributed by atoms with van der Waals surface area (Å²) < 4.78 is 25.4. The Morgan fingerprint density at radius 1 is 1.30 bits per heavy atom. The monoisotopic (exact) mass is 368 g/mol. The van der Waals surface area contributed by atoms with E-state index in [0.717, 1.165) is 66.7 Å². The molecule has 4 rings (SSSR count). The molecule has 0 N–H and O–H groups in total. The van der Waals surface area contributed by atoms with Crippen LogP contribution in [0, 0.1) is 5.82 Å². The quantitative estimate of drug-likeness (QED) is 0.639. The van der Waals surface area contributed by atoms with Gasteiger partial charge in [-0.15, -0.1) is 0 Å². The van der Waals surface area contributed by atoms with Crippen LogP contribution in [-0.4, -0.2) is 37.1 Å². The van der Waals surface area contributed by atoms with E-state index in [1.807, 2.05) is 6.07 Å². The first-order valence-corrected chi connectivity index (χ1v) is 9.51. The lowest BCUT2D eigenvalue weighted by molar-refractivity contribution is 0.295. The van der Waals surface area contributed by atoms with Gasteiger partial charge in [0.25, 0.3) is 0 Å². The molecule has 0 aliphatic heterocycles. The lowest BCUT2D eigenvalue weighted by atomic mass is 9.81. The van der Waals surface area contributed by atoms with Crippen LogP contribution in [0.25, 0.3) is 11.1 Å². The Morgan fingerprint density at radius 3 is 3.04 bits per heavy atom. The van der Waals surface area contributed by atoms with Crippen LogP contribution >= 0.6 is 0 Å². The number of methoxy groups -OCH3 is 1. The van der Waals surface area contributed by atoms with Crippen LogP contribution in [0.5, 0.6) is 5.75 Å². The van der Waals surface area contributed by atoms with Crippen molar-refractivity contribution in [2.75, 3.05) is 27.2 Å². The van der Waals surface area contributed by atoms with Crippen molar-refractivity contribution in [2.45, 2.75) is 31.6 Å². The molecule has 1 atom stereocenters. The molecule has 142 valence electrons. The van der Waals surface area contributed by atoms with E-state index < -0.39 is 0 Å². The number of nitrogens with zero attached hydrogens (tertiary/aromatic N) is 2. The molecule has 1 aromatic heterocycles. The summed E-state index contributed by atoms with van der Waals surface area (Å²) in [5, 5.41) is 0. The molecular formula is C22H25FN2O2. The number of oxazole rings is 1. The molecule has 1 aliphatic rings. The Bertz CT molecular complexity index is 937. The first kappa shape index (κ1) is 18.0. The summed E-state index contributed by atoms with van der Waals surface area (Å²) in [6, 6.07) is 9.44. The van der Waals surface area contributed by atoms with Crippen LogP contribution in [0.3, 0.4) is 0 Å². The first-order chi connectivity index (χ1) is 13.2. The maximum absolute atomic E-state index is 14.6. The Labute approximate surface area is 159 Å². The average Bonchev–Trinajstić information content (AvgIpc) is 3.14. The van der Waals surface area contributed by atoms with Gasteiger partial charge in [0.2, 0.25) is 0 Å². The molecule has 0 amide bonds. The van der Waals surface area contributed by atoms with Gasteiger partial charge in [0, 0.05) is 18.7 Å². The van der Waals surface area contributed by atoms with Crippen molar-refractivity contribution in [2.24, 2.45) is 0 Å². The number of benzene rings is 2. The molecule has 1 heterocycles. The van der Waals surface area contributed by atoms with Crippen molar-refractivity contribution in [1.82, 2.24) is 9.88 Å². The molecule has 5 heteroatoms. The van der Waals surface area contributed by atoms with Gasteiger partial charge in [-0.1, -0.05) is 6.07 Å². The molecular weight excluding hydrogens is 343 g/mol. The fourth-order valence-electron chi connectivity index (χ4n) is 4.20. The number of fused-ring (bicyclic) bond motifs is 2. The second-order valence-corrected chi connectivity index (χ2v) is 7.40. The summed E-state index contributed by atoms with van der Waals surface area (Å²) in [6.07, 6.45) is 5.39. The van der Waals surface area contributed by atoms with E-state index in [9.17, 15) is 4.39 Å². The zero-order valence-corrected chi connectivity index (χ0v) is 15.9. The molecule has 4 nitrogen and oxygen atoms in total. The van der Waals surface area contributed by atoms with Crippen LogP contribution in [-0.2, 0) is 12.8 Å². The van der Waals surface area contributed by atoms with Gasteiger partial charge in [-0.25, -0.2) is 9.37 Å². The van der Waals surface area contributed by atoms with Crippen LogP contribution in [0.15, 0.2) is 41.1 Å². The average molecular weight is 368 g/mol. The van der Waals surface area contributed by atoms with E-state index in [0.29, 0.717) is 0 Å². The third kappa shape index (κ3) is 3.69. The minimum absolute atomic E-state index is 0.0975. The van der Waals surface area contributed by atoms with Crippen LogP contribution in [0.1, 0.15) is 35.4 Å². The SMILES string of the molecule is COc1ccc(F)c2c1CCCC2CN(C)CCc1ccc2ncoc2c1. The standard InChI is InChI=1S/C22H25FN2O2/c1-25(11-10-15-6-8-19-21(12-15)27-14-24-19)13-16-4-3-5-17-20(26-2)9-7-18(23)22(16)17/h6-9,12,14,16H,3-5,10-11,13H2,1-2H3. The first-order valence-electron chi connectivity index (χ1n) is 9.51. The zero-order chi connectivity index (χ0) is 18.8. The molecule has 0 saturated carbocycles. The fourth-order valence-corrected chi connectivity index (χ4v) is 4.20. The number of hydrogen-bond acceptors (Lipinski definition) is 4. The van der Waals surface area contributed by atoms with Crippen molar-refractivity contribution < 1.29 is 13.5 Å². The largest absolute Gasteiger partial charge is 0.496 e. The molecule has 0 spiro atoms. The second-order valence-electron chi connectivity index (χ2n) is 7.40. The fraction of sp³-hybridized carbons (Fsp3) is 0.409. The summed E-state index contributed by atoms with van der Waals surface area (Å²) >= 11 is 0. The van der Waals surface area contributed by atoms with Crippen molar-refractivity contribution in [3.05, 3.63) is 59.2 Å². The Morgan fingerprint density at radius 2 is 2.19 bits per heavy atom. The van der Waals surface area contributed by atoms with Crippen LogP contribution in [0.4, 0.5) is 4.39 Å². The molecule has 0 saturated heterocycles. The lowest BCUT2D eigenvalue weighted by Crippen LogP contribution is -2.29. The van der Waals surface area contributed by atoms with Crippen molar-refractivity contribution in [3.63, 3.8) is 0 Å². The van der Waals surface area contributed by atoms with Crippen LogP contribution in [0.2, 0.25) is 0 Å². The number of halogens is 1. The molecule has 0 radical (unpaired) electrons. The maximum atomic E-state index is 14.6. The molecule has 0 fully saturated rings. The molecule has 0 bridgehead atoms. The van der Waals surface area contributed by atoms with Gasteiger partial charge in [0.15, 0.2) is 12.0 Å². The number of aromatic nitrogens is 1.